The van der Waals surface area contributed by atoms with E-state index in [1.54, 1.807) is 23.9 Å². The molecule has 0 spiro atoms. The molecular formula is C37H52N4O5Si. The molecule has 9 nitrogen and oxygen atoms in total. The van der Waals surface area contributed by atoms with Crippen molar-refractivity contribution < 1.29 is 23.9 Å². The molecule has 2 heterocycles. The summed E-state index contributed by atoms with van der Waals surface area (Å²) in [5.74, 6) is -1.11. The quantitative estimate of drug-likeness (QED) is 0.191. The molecule has 10 heteroatoms. The molecule has 0 aliphatic carbocycles. The lowest BCUT2D eigenvalue weighted by Crippen LogP contribution is -2.50. The first kappa shape index (κ1) is 36.1. The van der Waals surface area contributed by atoms with Crippen LogP contribution in [0.25, 0.3) is 11.4 Å². The van der Waals surface area contributed by atoms with E-state index in [1.807, 2.05) is 28.0 Å². The topological polar surface area (TPSA) is 105 Å². The van der Waals surface area contributed by atoms with Crippen LogP contribution < -0.4 is 0 Å². The number of fused-ring (bicyclic) bond motifs is 1. The van der Waals surface area contributed by atoms with E-state index < -0.39 is 14.3 Å². The molecule has 0 radical (unpaired) electrons. The van der Waals surface area contributed by atoms with Gasteiger partial charge in [-0.25, -0.2) is 9.78 Å². The third-order valence-corrected chi connectivity index (χ3v) is 14.2. The first-order valence-corrected chi connectivity index (χ1v) is 19.8. The highest BCUT2D eigenvalue weighted by Crippen LogP contribution is 2.37. The van der Waals surface area contributed by atoms with Gasteiger partial charge in [-0.05, 0) is 66.7 Å². The van der Waals surface area contributed by atoms with Crippen LogP contribution in [0, 0.1) is 0 Å². The van der Waals surface area contributed by atoms with Crippen LogP contribution in [0.1, 0.15) is 103 Å². The van der Waals surface area contributed by atoms with Gasteiger partial charge < -0.3 is 23.9 Å². The zero-order valence-electron chi connectivity index (χ0n) is 29.4. The third kappa shape index (κ3) is 8.21. The lowest BCUT2D eigenvalue weighted by Gasteiger charge is -2.41. The maximum Gasteiger partial charge on any atom is 0.335 e. The Labute approximate surface area is 281 Å². The summed E-state index contributed by atoms with van der Waals surface area (Å²) in [6.45, 7) is 17.3. The number of unbranched alkanes of at least 4 members (excludes halogenated alkanes) is 2. The fourth-order valence-corrected chi connectivity index (χ4v) is 6.74. The van der Waals surface area contributed by atoms with Gasteiger partial charge in [-0.3, -0.25) is 9.59 Å². The Balaban J connectivity index is 1.75. The number of hydrogen-bond acceptors (Lipinski definition) is 5. The van der Waals surface area contributed by atoms with Crippen LogP contribution in [0.5, 0.6) is 0 Å². The Kier molecular flexibility index (Phi) is 11.5. The van der Waals surface area contributed by atoms with Gasteiger partial charge >= 0.3 is 5.97 Å². The number of aromatic carboxylic acids is 1. The Bertz CT molecular complexity index is 1580. The molecule has 47 heavy (non-hydrogen) atoms. The molecule has 1 aliphatic heterocycles. The second-order valence-corrected chi connectivity index (χ2v) is 19.1. The number of aryl methyl sites for hydroxylation is 1. The van der Waals surface area contributed by atoms with Crippen LogP contribution in [0.4, 0.5) is 0 Å². The molecular weight excluding hydrogens is 609 g/mol. The first-order chi connectivity index (χ1) is 22.2. The van der Waals surface area contributed by atoms with Gasteiger partial charge in [0.2, 0.25) is 0 Å². The van der Waals surface area contributed by atoms with Crippen LogP contribution in [0.3, 0.4) is 0 Å². The number of amides is 2. The molecule has 1 aliphatic rings. The number of imidazole rings is 1. The van der Waals surface area contributed by atoms with Crippen LogP contribution >= 0.6 is 0 Å². The van der Waals surface area contributed by atoms with Crippen molar-refractivity contribution in [2.45, 2.75) is 97.4 Å². The lowest BCUT2D eigenvalue weighted by atomic mass is 9.92. The standard InChI is InChI=1S/C37H52N4O5Si/c1-9-11-19-40(20-12-10-2)35(43)32-24-39(6)33(38-32)30-18-17-27(36(44)45)22-31(30)34(42)41-23-28-16-14-13-15-26(28)21-29(41)25-46-47(7,8)37(3,4)5/h13-18,22,24,29H,9-12,19-21,23,25H2,1-8H3,(H,44,45)/t29-/m0/s1. The van der Waals surface area contributed by atoms with Gasteiger partial charge in [-0.2, -0.15) is 0 Å². The van der Waals surface area contributed by atoms with Crippen molar-refractivity contribution in [3.63, 3.8) is 0 Å². The first-order valence-electron chi connectivity index (χ1n) is 16.9. The molecule has 1 N–H and O–H groups in total. The fraction of sp³-hybridized carbons (Fsp3) is 0.514. The largest absolute Gasteiger partial charge is 0.478 e. The molecule has 2 aromatic carbocycles. The minimum Gasteiger partial charge on any atom is -0.478 e. The van der Waals surface area contributed by atoms with Crippen molar-refractivity contribution in [1.29, 1.82) is 0 Å². The minimum absolute atomic E-state index is 0.00735. The predicted octanol–water partition coefficient (Wildman–Crippen LogP) is 7.42. The number of carboxylic acids is 1. The van der Waals surface area contributed by atoms with Gasteiger partial charge in [-0.1, -0.05) is 71.7 Å². The van der Waals surface area contributed by atoms with E-state index in [2.05, 4.69) is 53.8 Å². The summed E-state index contributed by atoms with van der Waals surface area (Å²) in [6.07, 6.45) is 6.11. The third-order valence-electron chi connectivity index (χ3n) is 9.74. The van der Waals surface area contributed by atoms with Crippen LogP contribution in [-0.4, -0.2) is 76.3 Å². The summed E-state index contributed by atoms with van der Waals surface area (Å²) in [6, 6.07) is 12.5. The van der Waals surface area contributed by atoms with Crippen molar-refractivity contribution in [3.05, 3.63) is 76.6 Å². The van der Waals surface area contributed by atoms with Gasteiger partial charge in [0.15, 0.2) is 8.32 Å². The van der Waals surface area contributed by atoms with E-state index >= 15 is 0 Å². The Morgan fingerprint density at radius 1 is 1.02 bits per heavy atom. The smallest absolute Gasteiger partial charge is 0.335 e. The van der Waals surface area contributed by atoms with E-state index in [1.165, 1.54) is 17.7 Å². The summed E-state index contributed by atoms with van der Waals surface area (Å²) < 4.78 is 8.41. The van der Waals surface area contributed by atoms with Crippen LogP contribution in [0.2, 0.25) is 18.1 Å². The van der Waals surface area contributed by atoms with Gasteiger partial charge in [0, 0.05) is 38.4 Å². The molecule has 254 valence electrons. The highest BCUT2D eigenvalue weighted by molar-refractivity contribution is 6.74. The van der Waals surface area contributed by atoms with Gasteiger partial charge in [0.05, 0.1) is 23.8 Å². The number of carbonyl (C=O) groups is 3. The number of benzene rings is 2. The van der Waals surface area contributed by atoms with Crippen molar-refractivity contribution in [3.8, 4) is 11.4 Å². The van der Waals surface area contributed by atoms with Crippen molar-refractivity contribution in [2.75, 3.05) is 19.7 Å². The second-order valence-electron chi connectivity index (χ2n) is 14.3. The Hall–Kier alpha value is -3.76. The van der Waals surface area contributed by atoms with Gasteiger partial charge in [0.1, 0.15) is 11.5 Å². The van der Waals surface area contributed by atoms with E-state index in [-0.39, 0.29) is 34.0 Å². The van der Waals surface area contributed by atoms with Crippen LogP contribution in [0.15, 0.2) is 48.7 Å². The Morgan fingerprint density at radius 3 is 2.26 bits per heavy atom. The van der Waals surface area contributed by atoms with Gasteiger partial charge in [-0.15, -0.1) is 0 Å². The highest BCUT2D eigenvalue weighted by atomic mass is 28.4. The van der Waals surface area contributed by atoms with E-state index in [4.69, 9.17) is 9.41 Å². The van der Waals surface area contributed by atoms with E-state index in [9.17, 15) is 19.5 Å². The maximum atomic E-state index is 14.7. The summed E-state index contributed by atoms with van der Waals surface area (Å²) in [5, 5.41) is 9.93. The van der Waals surface area contributed by atoms with E-state index in [0.29, 0.717) is 49.7 Å². The lowest BCUT2D eigenvalue weighted by molar-refractivity contribution is 0.0555. The molecule has 0 unspecified atom stereocenters. The molecule has 0 saturated carbocycles. The summed E-state index contributed by atoms with van der Waals surface area (Å²) in [7, 11) is -0.319. The number of hydrogen-bond donors (Lipinski definition) is 1. The molecule has 0 saturated heterocycles. The maximum absolute atomic E-state index is 14.7. The molecule has 1 atom stereocenters. The van der Waals surface area contributed by atoms with Crippen LogP contribution in [-0.2, 0) is 24.4 Å². The Morgan fingerprint density at radius 2 is 1.66 bits per heavy atom. The average Bonchev–Trinajstić information content (AvgIpc) is 3.43. The normalized spacial score (nSPS) is 15.0. The van der Waals surface area contributed by atoms with Crippen molar-refractivity contribution in [1.82, 2.24) is 19.4 Å². The average molecular weight is 661 g/mol. The number of carboxylic acid groups (broad SMARTS) is 1. The van der Waals surface area contributed by atoms with Crippen molar-refractivity contribution in [2.24, 2.45) is 7.05 Å². The summed E-state index contributed by atoms with van der Waals surface area (Å²) >= 11 is 0. The predicted molar refractivity (Wildman–Crippen MR) is 188 cm³/mol. The van der Waals surface area contributed by atoms with Gasteiger partial charge in [0.25, 0.3) is 11.8 Å². The van der Waals surface area contributed by atoms with E-state index in [0.717, 1.165) is 31.2 Å². The molecule has 0 bridgehead atoms. The molecule has 3 aromatic rings. The molecule has 1 aromatic heterocycles. The monoisotopic (exact) mass is 660 g/mol. The number of carbonyl (C=O) groups excluding carboxylic acids is 2. The number of nitrogens with zero attached hydrogens (tertiary/aromatic N) is 4. The minimum atomic E-state index is -2.12. The summed E-state index contributed by atoms with van der Waals surface area (Å²) in [4.78, 5) is 48.9. The molecule has 0 fully saturated rings. The highest BCUT2D eigenvalue weighted by Gasteiger charge is 2.40. The van der Waals surface area contributed by atoms with Crippen molar-refractivity contribution >= 4 is 26.1 Å². The molecule has 2 amide bonds. The number of rotatable bonds is 13. The second kappa shape index (κ2) is 15.0. The number of aromatic nitrogens is 2. The molecule has 4 rings (SSSR count). The SMILES string of the molecule is CCCCN(CCCC)C(=O)c1cn(C)c(-c2ccc(C(=O)O)cc2C(=O)N2Cc3ccccc3C[C@H]2CO[Si](C)(C)C(C)(C)C)n1. The summed E-state index contributed by atoms with van der Waals surface area (Å²) in [5.41, 5.74) is 3.29. The fourth-order valence-electron chi connectivity index (χ4n) is 5.69. The zero-order chi connectivity index (χ0) is 34.5. The zero-order valence-corrected chi connectivity index (χ0v) is 30.4.